The molecule has 0 saturated carbocycles. The Morgan fingerprint density at radius 2 is 1.54 bits per heavy atom. The minimum Gasteiger partial charge on any atom is -0.439 e. The molecule has 5 heteroatoms. The van der Waals surface area contributed by atoms with E-state index >= 15 is 0 Å². The summed E-state index contributed by atoms with van der Waals surface area (Å²) in [6, 6.07) is 0. The van der Waals surface area contributed by atoms with Gasteiger partial charge in [-0.15, -0.1) is 0 Å². The van der Waals surface area contributed by atoms with Gasteiger partial charge in [0.25, 0.3) is 0 Å². The van der Waals surface area contributed by atoms with E-state index in [0.29, 0.717) is 5.73 Å². The lowest BCUT2D eigenvalue weighted by atomic mass is 10.9. The highest BCUT2D eigenvalue weighted by Gasteiger charge is 2.29. The van der Waals surface area contributed by atoms with Crippen molar-refractivity contribution < 1.29 is 8.54 Å². The third-order valence-corrected chi connectivity index (χ3v) is 9.31. The SMILES string of the molecule is CC(O[Si](C)(C)O[SiH](C)C)[SiH](C)C. The predicted octanol–water partition coefficient (Wildman–Crippen LogP) is 2.12. The molecule has 1 atom stereocenters. The van der Waals surface area contributed by atoms with Gasteiger partial charge in [0.15, 0.2) is 9.04 Å². The van der Waals surface area contributed by atoms with Crippen LogP contribution in [0.15, 0.2) is 0 Å². The second-order valence-electron chi connectivity index (χ2n) is 4.63. The van der Waals surface area contributed by atoms with Crippen LogP contribution in [0.1, 0.15) is 6.92 Å². The van der Waals surface area contributed by atoms with Crippen molar-refractivity contribution >= 4 is 26.4 Å². The van der Waals surface area contributed by atoms with E-state index in [1.54, 1.807) is 0 Å². The number of rotatable bonds is 5. The van der Waals surface area contributed by atoms with Gasteiger partial charge in [-0.3, -0.25) is 0 Å². The van der Waals surface area contributed by atoms with Crippen LogP contribution in [0.4, 0.5) is 0 Å². The molecule has 0 N–H and O–H groups in total. The highest BCUT2D eigenvalue weighted by molar-refractivity contribution is 6.73. The summed E-state index contributed by atoms with van der Waals surface area (Å²) in [5.41, 5.74) is 0.453. The predicted molar refractivity (Wildman–Crippen MR) is 66.9 cm³/mol. The van der Waals surface area contributed by atoms with Crippen LogP contribution in [0.3, 0.4) is 0 Å². The molecule has 0 radical (unpaired) electrons. The molecule has 0 aromatic heterocycles. The van der Waals surface area contributed by atoms with Crippen LogP contribution < -0.4 is 0 Å². The Morgan fingerprint density at radius 3 is 1.85 bits per heavy atom. The zero-order valence-electron chi connectivity index (χ0n) is 10.0. The van der Waals surface area contributed by atoms with E-state index < -0.39 is 26.4 Å². The standard InChI is InChI=1S/C8H24O2Si3/c1-8(11(2)3)9-13(6,7)10-12(4)5/h8,11-12H,1-7H3. The van der Waals surface area contributed by atoms with Crippen LogP contribution in [-0.2, 0) is 8.54 Å². The fraction of sp³-hybridized carbons (Fsp3) is 1.00. The first kappa shape index (κ1) is 13.6. The molecule has 0 aliphatic heterocycles. The first-order chi connectivity index (χ1) is 5.74. The molecule has 0 aliphatic carbocycles. The van der Waals surface area contributed by atoms with Crippen molar-refractivity contribution in [1.82, 2.24) is 0 Å². The van der Waals surface area contributed by atoms with E-state index in [0.717, 1.165) is 0 Å². The van der Waals surface area contributed by atoms with E-state index in [9.17, 15) is 0 Å². The Kier molecular flexibility index (Phi) is 5.69. The lowest BCUT2D eigenvalue weighted by molar-refractivity contribution is 0.230. The molecule has 0 rings (SSSR count). The van der Waals surface area contributed by atoms with Crippen molar-refractivity contribution in [3.63, 3.8) is 0 Å². The summed E-state index contributed by atoms with van der Waals surface area (Å²) < 4.78 is 12.0. The Balaban J connectivity index is 4.00. The molecule has 0 fully saturated rings. The van der Waals surface area contributed by atoms with Crippen LogP contribution >= 0.6 is 0 Å². The van der Waals surface area contributed by atoms with Gasteiger partial charge < -0.3 is 8.54 Å². The molecule has 13 heavy (non-hydrogen) atoms. The van der Waals surface area contributed by atoms with Crippen molar-refractivity contribution in [2.45, 2.75) is 51.9 Å². The molecule has 2 nitrogen and oxygen atoms in total. The van der Waals surface area contributed by atoms with Gasteiger partial charge in [-0.1, -0.05) is 13.1 Å². The molecular weight excluding hydrogens is 212 g/mol. The van der Waals surface area contributed by atoms with Gasteiger partial charge in [0.1, 0.15) is 0 Å². The summed E-state index contributed by atoms with van der Waals surface area (Å²) in [4.78, 5) is 0. The van der Waals surface area contributed by atoms with Gasteiger partial charge in [-0.2, -0.15) is 0 Å². The summed E-state index contributed by atoms with van der Waals surface area (Å²) in [5, 5.41) is 0. The monoisotopic (exact) mass is 236 g/mol. The highest BCUT2D eigenvalue weighted by atomic mass is 28.4. The largest absolute Gasteiger partial charge is 0.439 e. The molecule has 0 bridgehead atoms. The smallest absolute Gasteiger partial charge is 0.321 e. The maximum atomic E-state index is 6.02. The Labute approximate surface area is 87.2 Å². The van der Waals surface area contributed by atoms with Gasteiger partial charge in [-0.25, -0.2) is 0 Å². The second kappa shape index (κ2) is 5.45. The van der Waals surface area contributed by atoms with Crippen molar-refractivity contribution in [1.29, 1.82) is 0 Å². The molecule has 0 aliphatic rings. The van der Waals surface area contributed by atoms with Crippen molar-refractivity contribution in [2.75, 3.05) is 0 Å². The topological polar surface area (TPSA) is 18.5 Å². The fourth-order valence-electron chi connectivity index (χ4n) is 1.18. The third-order valence-electron chi connectivity index (χ3n) is 1.93. The van der Waals surface area contributed by atoms with Gasteiger partial charge in [0, 0.05) is 5.73 Å². The van der Waals surface area contributed by atoms with Crippen LogP contribution in [0.2, 0.25) is 39.3 Å². The Bertz CT molecular complexity index is 148. The third kappa shape index (κ3) is 6.62. The molecule has 1 unspecified atom stereocenters. The second-order valence-corrected chi connectivity index (χ2v) is 14.1. The van der Waals surface area contributed by atoms with E-state index in [1.807, 2.05) is 0 Å². The average Bonchev–Trinajstić information content (AvgIpc) is 1.81. The van der Waals surface area contributed by atoms with Crippen LogP contribution in [0, 0.1) is 0 Å². The molecule has 0 aromatic carbocycles. The zero-order valence-corrected chi connectivity index (χ0v) is 13.4. The van der Waals surface area contributed by atoms with Gasteiger partial charge in [0.2, 0.25) is 0 Å². The van der Waals surface area contributed by atoms with Crippen LogP contribution in [0.5, 0.6) is 0 Å². The molecule has 0 spiro atoms. The minimum atomic E-state index is -1.80. The maximum absolute atomic E-state index is 6.02. The van der Waals surface area contributed by atoms with E-state index in [1.165, 1.54) is 0 Å². The van der Waals surface area contributed by atoms with Crippen LogP contribution in [0.25, 0.3) is 0 Å². The number of hydrogen-bond acceptors (Lipinski definition) is 2. The molecular formula is C8H24O2Si3. The molecule has 0 aromatic rings. The first-order valence-corrected chi connectivity index (χ1v) is 13.7. The minimum absolute atomic E-state index is 0.453. The summed E-state index contributed by atoms with van der Waals surface area (Å²) in [6.07, 6.45) is 0. The van der Waals surface area contributed by atoms with Crippen molar-refractivity contribution in [2.24, 2.45) is 0 Å². The zero-order chi connectivity index (χ0) is 10.6. The fourth-order valence-corrected chi connectivity index (χ4v) is 8.91. The summed E-state index contributed by atoms with van der Waals surface area (Å²) >= 11 is 0. The van der Waals surface area contributed by atoms with Crippen molar-refractivity contribution in [3.8, 4) is 0 Å². The lowest BCUT2D eigenvalue weighted by Crippen LogP contribution is -2.44. The Morgan fingerprint density at radius 1 is 1.08 bits per heavy atom. The molecule has 80 valence electrons. The highest BCUT2D eigenvalue weighted by Crippen LogP contribution is 2.12. The van der Waals surface area contributed by atoms with E-state index in [4.69, 9.17) is 8.54 Å². The summed E-state index contributed by atoms with van der Waals surface area (Å²) in [5.74, 6) is 0. The Hall–Kier alpha value is 0.571. The molecule has 0 heterocycles. The summed E-state index contributed by atoms with van der Waals surface area (Å²) in [6.45, 7) is 15.6. The van der Waals surface area contributed by atoms with E-state index in [2.05, 4.69) is 46.2 Å². The average molecular weight is 237 g/mol. The summed E-state index contributed by atoms with van der Waals surface area (Å²) in [7, 11) is -3.39. The van der Waals surface area contributed by atoms with Crippen LogP contribution in [-0.4, -0.2) is 32.1 Å². The quantitative estimate of drug-likeness (QED) is 0.681. The van der Waals surface area contributed by atoms with E-state index in [-0.39, 0.29) is 0 Å². The number of hydrogen-bond donors (Lipinski definition) is 0. The normalized spacial score (nSPS) is 15.5. The first-order valence-electron chi connectivity index (χ1n) is 5.10. The molecule has 0 saturated heterocycles. The van der Waals surface area contributed by atoms with Gasteiger partial charge >= 0.3 is 8.56 Å². The van der Waals surface area contributed by atoms with Crippen molar-refractivity contribution in [3.05, 3.63) is 0 Å². The lowest BCUT2D eigenvalue weighted by Gasteiger charge is -2.30. The maximum Gasteiger partial charge on any atom is 0.321 e. The van der Waals surface area contributed by atoms with Gasteiger partial charge in [-0.05, 0) is 33.1 Å². The molecule has 0 amide bonds. The van der Waals surface area contributed by atoms with Gasteiger partial charge in [0.05, 0.1) is 8.80 Å².